The van der Waals surface area contributed by atoms with Gasteiger partial charge >= 0.3 is 5.97 Å². The van der Waals surface area contributed by atoms with Crippen molar-refractivity contribution >= 4 is 11.9 Å². The Morgan fingerprint density at radius 2 is 1.95 bits per heavy atom. The Kier molecular flexibility index (Phi) is 6.64. The SMILES string of the molecule is CCC[C@H](C(=O)OCC)N1CCN(C(=O)[C@@H]2CCCO2)CC1. The first-order chi connectivity index (χ1) is 10.7. The molecule has 2 aliphatic rings. The van der Waals surface area contributed by atoms with Crippen LogP contribution in [-0.4, -0.2) is 73.2 Å². The summed E-state index contributed by atoms with van der Waals surface area (Å²) in [4.78, 5) is 28.5. The molecule has 0 aliphatic carbocycles. The lowest BCUT2D eigenvalue weighted by molar-refractivity contribution is -0.152. The number of nitrogens with zero attached hydrogens (tertiary/aromatic N) is 2. The molecule has 2 atom stereocenters. The fraction of sp³-hybridized carbons (Fsp3) is 0.875. The summed E-state index contributed by atoms with van der Waals surface area (Å²) < 4.78 is 10.7. The van der Waals surface area contributed by atoms with Crippen molar-refractivity contribution < 1.29 is 19.1 Å². The Morgan fingerprint density at radius 1 is 1.23 bits per heavy atom. The summed E-state index contributed by atoms with van der Waals surface area (Å²) in [5.41, 5.74) is 0. The quantitative estimate of drug-likeness (QED) is 0.686. The van der Waals surface area contributed by atoms with Crippen molar-refractivity contribution in [3.05, 3.63) is 0 Å². The number of piperazine rings is 1. The molecule has 6 heteroatoms. The van der Waals surface area contributed by atoms with Crippen molar-refractivity contribution in [1.82, 2.24) is 9.80 Å². The molecule has 22 heavy (non-hydrogen) atoms. The van der Waals surface area contributed by atoms with Gasteiger partial charge in [-0.15, -0.1) is 0 Å². The molecule has 0 aromatic rings. The largest absolute Gasteiger partial charge is 0.465 e. The van der Waals surface area contributed by atoms with E-state index in [0.717, 1.165) is 38.8 Å². The van der Waals surface area contributed by atoms with Gasteiger partial charge in [-0.2, -0.15) is 0 Å². The first-order valence-corrected chi connectivity index (χ1v) is 8.48. The summed E-state index contributed by atoms with van der Waals surface area (Å²) in [5.74, 6) is -0.0245. The van der Waals surface area contributed by atoms with Crippen LogP contribution in [-0.2, 0) is 19.1 Å². The van der Waals surface area contributed by atoms with E-state index in [2.05, 4.69) is 11.8 Å². The third-order valence-corrected chi connectivity index (χ3v) is 4.39. The van der Waals surface area contributed by atoms with Crippen LogP contribution < -0.4 is 0 Å². The molecule has 126 valence electrons. The predicted molar refractivity (Wildman–Crippen MR) is 82.5 cm³/mol. The zero-order valence-electron chi connectivity index (χ0n) is 13.8. The highest BCUT2D eigenvalue weighted by Crippen LogP contribution is 2.18. The molecule has 0 saturated carbocycles. The second kappa shape index (κ2) is 8.48. The highest BCUT2D eigenvalue weighted by molar-refractivity contribution is 5.81. The van der Waals surface area contributed by atoms with Gasteiger partial charge in [-0.05, 0) is 26.2 Å². The highest BCUT2D eigenvalue weighted by atomic mass is 16.5. The second-order valence-electron chi connectivity index (χ2n) is 5.92. The van der Waals surface area contributed by atoms with Crippen LogP contribution in [0.2, 0.25) is 0 Å². The van der Waals surface area contributed by atoms with E-state index in [4.69, 9.17) is 9.47 Å². The van der Waals surface area contributed by atoms with E-state index in [1.807, 2.05) is 11.8 Å². The smallest absolute Gasteiger partial charge is 0.323 e. The van der Waals surface area contributed by atoms with Crippen LogP contribution in [0.1, 0.15) is 39.5 Å². The standard InChI is InChI=1S/C16H28N2O4/c1-3-6-13(16(20)21-4-2)17-8-10-18(11-9-17)15(19)14-7-5-12-22-14/h13-14H,3-12H2,1-2H3/t13-,14+/m1/s1. The third-order valence-electron chi connectivity index (χ3n) is 4.39. The Hall–Kier alpha value is -1.14. The van der Waals surface area contributed by atoms with Gasteiger partial charge in [0.2, 0.25) is 0 Å². The predicted octanol–water partition coefficient (Wildman–Crippen LogP) is 1.04. The molecule has 6 nitrogen and oxygen atoms in total. The first-order valence-electron chi connectivity index (χ1n) is 8.48. The van der Waals surface area contributed by atoms with E-state index in [1.54, 1.807) is 0 Å². The summed E-state index contributed by atoms with van der Waals surface area (Å²) in [7, 11) is 0. The molecule has 0 aromatic carbocycles. The van der Waals surface area contributed by atoms with Crippen molar-refractivity contribution in [3.8, 4) is 0 Å². The molecule has 2 rings (SSSR count). The molecule has 0 spiro atoms. The first kappa shape index (κ1) is 17.2. The number of carbonyl (C=O) groups excluding carboxylic acids is 2. The average Bonchev–Trinajstić information content (AvgIpc) is 3.07. The minimum absolute atomic E-state index is 0.111. The monoisotopic (exact) mass is 312 g/mol. The normalized spacial score (nSPS) is 24.3. The summed E-state index contributed by atoms with van der Waals surface area (Å²) in [6.45, 7) is 7.79. The van der Waals surface area contributed by atoms with Gasteiger partial charge in [0.05, 0.1) is 6.61 Å². The third kappa shape index (κ3) is 4.20. The van der Waals surface area contributed by atoms with Gasteiger partial charge in [0, 0.05) is 32.8 Å². The molecule has 0 aromatic heterocycles. The fourth-order valence-corrected chi connectivity index (χ4v) is 3.19. The van der Waals surface area contributed by atoms with E-state index in [-0.39, 0.29) is 24.0 Å². The number of hydrogen-bond donors (Lipinski definition) is 0. The lowest BCUT2D eigenvalue weighted by Crippen LogP contribution is -2.55. The van der Waals surface area contributed by atoms with Crippen LogP contribution in [0, 0.1) is 0 Å². The van der Waals surface area contributed by atoms with Gasteiger partial charge in [-0.3, -0.25) is 14.5 Å². The van der Waals surface area contributed by atoms with Crippen LogP contribution in [0.15, 0.2) is 0 Å². The Morgan fingerprint density at radius 3 is 2.50 bits per heavy atom. The minimum Gasteiger partial charge on any atom is -0.465 e. The van der Waals surface area contributed by atoms with E-state index < -0.39 is 0 Å². The van der Waals surface area contributed by atoms with E-state index >= 15 is 0 Å². The average molecular weight is 312 g/mol. The molecular formula is C16H28N2O4. The van der Waals surface area contributed by atoms with Crippen LogP contribution in [0.25, 0.3) is 0 Å². The molecular weight excluding hydrogens is 284 g/mol. The van der Waals surface area contributed by atoms with Crippen LogP contribution in [0.5, 0.6) is 0 Å². The summed E-state index contributed by atoms with van der Waals surface area (Å²) in [6.07, 6.45) is 3.30. The maximum atomic E-state index is 12.3. The van der Waals surface area contributed by atoms with Crippen LogP contribution >= 0.6 is 0 Å². The van der Waals surface area contributed by atoms with Crippen LogP contribution in [0.4, 0.5) is 0 Å². The zero-order valence-corrected chi connectivity index (χ0v) is 13.8. The molecule has 2 saturated heterocycles. The van der Waals surface area contributed by atoms with Gasteiger partial charge in [-0.25, -0.2) is 0 Å². The fourth-order valence-electron chi connectivity index (χ4n) is 3.19. The summed E-state index contributed by atoms with van der Waals surface area (Å²) >= 11 is 0. The number of hydrogen-bond acceptors (Lipinski definition) is 5. The number of ether oxygens (including phenoxy) is 2. The van der Waals surface area contributed by atoms with Crippen molar-refractivity contribution in [3.63, 3.8) is 0 Å². The number of amides is 1. The Bertz CT molecular complexity index is 374. The lowest BCUT2D eigenvalue weighted by atomic mass is 10.1. The van der Waals surface area contributed by atoms with Gasteiger partial charge in [-0.1, -0.05) is 13.3 Å². The number of rotatable bonds is 6. The number of carbonyl (C=O) groups is 2. The summed E-state index contributed by atoms with van der Waals surface area (Å²) in [5, 5.41) is 0. The molecule has 0 bridgehead atoms. The molecule has 1 amide bonds. The van der Waals surface area contributed by atoms with E-state index in [9.17, 15) is 9.59 Å². The maximum absolute atomic E-state index is 12.3. The maximum Gasteiger partial charge on any atom is 0.323 e. The van der Waals surface area contributed by atoms with Gasteiger partial charge in [0.25, 0.3) is 5.91 Å². The van der Waals surface area contributed by atoms with E-state index in [0.29, 0.717) is 26.3 Å². The highest BCUT2D eigenvalue weighted by Gasteiger charge is 2.33. The zero-order chi connectivity index (χ0) is 15.9. The molecule has 0 N–H and O–H groups in total. The second-order valence-corrected chi connectivity index (χ2v) is 5.92. The molecule has 0 unspecified atom stereocenters. The Labute approximate surface area is 132 Å². The van der Waals surface area contributed by atoms with E-state index in [1.165, 1.54) is 0 Å². The van der Waals surface area contributed by atoms with Gasteiger partial charge in [0.15, 0.2) is 0 Å². The molecule has 0 radical (unpaired) electrons. The van der Waals surface area contributed by atoms with Gasteiger partial charge < -0.3 is 14.4 Å². The van der Waals surface area contributed by atoms with Crippen molar-refractivity contribution in [2.45, 2.75) is 51.7 Å². The summed E-state index contributed by atoms with van der Waals surface area (Å²) in [6, 6.07) is -0.176. The van der Waals surface area contributed by atoms with Crippen molar-refractivity contribution in [2.24, 2.45) is 0 Å². The van der Waals surface area contributed by atoms with Crippen molar-refractivity contribution in [1.29, 1.82) is 0 Å². The van der Waals surface area contributed by atoms with Crippen LogP contribution in [0.3, 0.4) is 0 Å². The minimum atomic E-state index is -0.247. The lowest BCUT2D eigenvalue weighted by Gasteiger charge is -2.38. The topological polar surface area (TPSA) is 59.1 Å². The molecule has 2 heterocycles. The van der Waals surface area contributed by atoms with Crippen molar-refractivity contribution in [2.75, 3.05) is 39.4 Å². The number of esters is 1. The molecule has 2 fully saturated rings. The van der Waals surface area contributed by atoms with Gasteiger partial charge in [0.1, 0.15) is 12.1 Å². The Balaban J connectivity index is 1.86. The molecule has 2 aliphatic heterocycles.